The molecule has 1 aromatic heterocycles. The van der Waals surface area contributed by atoms with Crippen LogP contribution in [-0.2, 0) is 5.41 Å². The smallest absolute Gasteiger partial charge is 0.418 e. The van der Waals surface area contributed by atoms with Crippen molar-refractivity contribution in [1.29, 1.82) is 0 Å². The Morgan fingerprint density at radius 3 is 2.42 bits per heavy atom. The zero-order valence-corrected chi connectivity index (χ0v) is 20.4. The predicted octanol–water partition coefficient (Wildman–Crippen LogP) is 4.65. The maximum absolute atomic E-state index is 14.0. The average molecular weight is 529 g/mol. The van der Waals surface area contributed by atoms with E-state index in [0.717, 1.165) is 18.3 Å². The van der Waals surface area contributed by atoms with Crippen LogP contribution in [0.25, 0.3) is 5.69 Å². The molecule has 0 aliphatic carbocycles. The van der Waals surface area contributed by atoms with E-state index >= 15 is 0 Å². The van der Waals surface area contributed by atoms with Crippen molar-refractivity contribution in [3.63, 3.8) is 0 Å². The maximum atomic E-state index is 14.0. The summed E-state index contributed by atoms with van der Waals surface area (Å²) in [6.07, 6.45) is -4.92. The molecule has 1 unspecified atom stereocenters. The Kier molecular flexibility index (Phi) is 7.56. The molecule has 1 atom stereocenters. The van der Waals surface area contributed by atoms with E-state index in [4.69, 9.17) is 22.1 Å². The third-order valence-electron chi connectivity index (χ3n) is 5.82. The highest BCUT2D eigenvalue weighted by molar-refractivity contribution is 6.30. The largest absolute Gasteiger partial charge is 0.496 e. The molecule has 0 saturated carbocycles. The first kappa shape index (κ1) is 27.3. The Morgan fingerprint density at radius 1 is 1.19 bits per heavy atom. The van der Waals surface area contributed by atoms with Crippen molar-refractivity contribution >= 4 is 23.3 Å². The minimum Gasteiger partial charge on any atom is -0.496 e. The fourth-order valence-electron chi connectivity index (χ4n) is 3.94. The SMILES string of the molecule is COc1ccc(F)cc1C(C)(C)CC(O)(CNC(=O)c1cnn(-c2ccc(Cl)cc2)c1N)C(F)(F)F. The molecule has 194 valence electrons. The minimum atomic E-state index is -5.13. The predicted molar refractivity (Wildman–Crippen MR) is 127 cm³/mol. The number of aromatic nitrogens is 2. The van der Waals surface area contributed by atoms with E-state index in [1.54, 1.807) is 24.3 Å². The van der Waals surface area contributed by atoms with Gasteiger partial charge >= 0.3 is 6.18 Å². The molecule has 0 fully saturated rings. The minimum absolute atomic E-state index is 0.116. The van der Waals surface area contributed by atoms with E-state index in [1.165, 1.54) is 31.7 Å². The normalized spacial score (nSPS) is 13.8. The van der Waals surface area contributed by atoms with Crippen LogP contribution in [0.3, 0.4) is 0 Å². The number of methoxy groups -OCH3 is 1. The molecule has 1 heterocycles. The summed E-state index contributed by atoms with van der Waals surface area (Å²) in [6.45, 7) is 1.65. The number of hydrogen-bond acceptors (Lipinski definition) is 5. The van der Waals surface area contributed by atoms with E-state index in [2.05, 4.69) is 10.4 Å². The number of nitrogens with zero attached hydrogens (tertiary/aromatic N) is 2. The van der Waals surface area contributed by atoms with Crippen molar-refractivity contribution in [2.75, 3.05) is 19.4 Å². The Balaban J connectivity index is 1.84. The summed E-state index contributed by atoms with van der Waals surface area (Å²) in [7, 11) is 1.30. The van der Waals surface area contributed by atoms with Crippen molar-refractivity contribution in [3.05, 3.63) is 70.6 Å². The highest BCUT2D eigenvalue weighted by Gasteiger charge is 2.56. The molecule has 0 saturated heterocycles. The van der Waals surface area contributed by atoms with Gasteiger partial charge in [0, 0.05) is 10.6 Å². The third-order valence-corrected chi connectivity index (χ3v) is 6.07. The number of carbonyl (C=O) groups excluding carboxylic acids is 1. The van der Waals surface area contributed by atoms with Crippen molar-refractivity contribution in [2.45, 2.75) is 37.5 Å². The molecular formula is C24H25ClF4N4O3. The van der Waals surface area contributed by atoms with Crippen molar-refractivity contribution in [2.24, 2.45) is 0 Å². The number of nitrogens with two attached hydrogens (primary N) is 1. The number of ether oxygens (including phenoxy) is 1. The standard InChI is InChI=1S/C24H25ClF4N4O3/c1-22(2,18-10-15(26)6-9-19(18)36-3)12-23(35,24(27,28)29)13-31-21(34)17-11-32-33(20(17)30)16-7-4-14(25)5-8-16/h4-11,35H,12-13,30H2,1-3H3,(H,31,34). The van der Waals surface area contributed by atoms with Gasteiger partial charge in [-0.05, 0) is 54.3 Å². The first-order chi connectivity index (χ1) is 16.7. The van der Waals surface area contributed by atoms with Crippen molar-refractivity contribution < 1.29 is 32.2 Å². The van der Waals surface area contributed by atoms with Gasteiger partial charge in [-0.15, -0.1) is 0 Å². The molecule has 0 spiro atoms. The maximum Gasteiger partial charge on any atom is 0.418 e. The topological polar surface area (TPSA) is 102 Å². The molecule has 4 N–H and O–H groups in total. The summed E-state index contributed by atoms with van der Waals surface area (Å²) in [6, 6.07) is 9.81. The molecule has 7 nitrogen and oxygen atoms in total. The Labute approximate surface area is 209 Å². The monoisotopic (exact) mass is 528 g/mol. The van der Waals surface area contributed by atoms with Crippen LogP contribution in [0.4, 0.5) is 23.4 Å². The number of rotatable bonds is 8. The highest BCUT2D eigenvalue weighted by atomic mass is 35.5. The molecule has 0 aliphatic rings. The van der Waals surface area contributed by atoms with Crippen LogP contribution in [0.15, 0.2) is 48.7 Å². The van der Waals surface area contributed by atoms with Gasteiger partial charge in [0.1, 0.15) is 22.9 Å². The Hall–Kier alpha value is -3.31. The van der Waals surface area contributed by atoms with E-state index in [9.17, 15) is 27.5 Å². The second-order valence-electron chi connectivity index (χ2n) is 8.95. The summed E-state index contributed by atoms with van der Waals surface area (Å²) < 4.78 is 62.4. The van der Waals surface area contributed by atoms with E-state index in [-0.39, 0.29) is 22.7 Å². The lowest BCUT2D eigenvalue weighted by atomic mass is 9.74. The molecular weight excluding hydrogens is 504 g/mol. The lowest BCUT2D eigenvalue weighted by Gasteiger charge is -2.38. The number of alkyl halides is 3. The molecule has 3 rings (SSSR count). The first-order valence-electron chi connectivity index (χ1n) is 10.7. The van der Waals surface area contributed by atoms with Crippen molar-refractivity contribution in [1.82, 2.24) is 15.1 Å². The molecule has 12 heteroatoms. The van der Waals surface area contributed by atoms with Gasteiger partial charge in [-0.25, -0.2) is 9.07 Å². The van der Waals surface area contributed by atoms with E-state index in [1.807, 2.05) is 0 Å². The zero-order valence-electron chi connectivity index (χ0n) is 19.7. The van der Waals surface area contributed by atoms with Crippen LogP contribution in [0.1, 0.15) is 36.2 Å². The van der Waals surface area contributed by atoms with E-state index in [0.29, 0.717) is 10.7 Å². The number of halogens is 5. The van der Waals surface area contributed by atoms with Gasteiger partial charge in [-0.1, -0.05) is 25.4 Å². The molecule has 2 aromatic carbocycles. The first-order valence-corrected chi connectivity index (χ1v) is 11.1. The second kappa shape index (κ2) is 9.98. The number of nitrogens with one attached hydrogen (secondary N) is 1. The van der Waals surface area contributed by atoms with E-state index < -0.39 is 41.9 Å². The van der Waals surface area contributed by atoms with Gasteiger partial charge in [0.2, 0.25) is 0 Å². The molecule has 1 amide bonds. The zero-order chi connectivity index (χ0) is 26.9. The lowest BCUT2D eigenvalue weighted by molar-refractivity contribution is -0.263. The number of aliphatic hydroxyl groups is 1. The highest BCUT2D eigenvalue weighted by Crippen LogP contribution is 2.43. The molecule has 3 aromatic rings. The summed E-state index contributed by atoms with van der Waals surface area (Å²) >= 11 is 5.86. The van der Waals surface area contributed by atoms with Gasteiger partial charge in [0.05, 0.1) is 25.5 Å². The number of benzene rings is 2. The number of carbonyl (C=O) groups is 1. The van der Waals surface area contributed by atoms with Crippen LogP contribution in [0, 0.1) is 5.82 Å². The molecule has 36 heavy (non-hydrogen) atoms. The van der Waals surface area contributed by atoms with Gasteiger partial charge in [0.15, 0.2) is 5.60 Å². The van der Waals surface area contributed by atoms with Crippen LogP contribution in [-0.4, -0.2) is 46.2 Å². The van der Waals surface area contributed by atoms with Crippen LogP contribution < -0.4 is 15.8 Å². The molecule has 0 radical (unpaired) electrons. The second-order valence-corrected chi connectivity index (χ2v) is 9.39. The number of anilines is 1. The number of nitrogen functional groups attached to an aromatic ring is 1. The van der Waals surface area contributed by atoms with Crippen LogP contribution >= 0.6 is 11.6 Å². The van der Waals surface area contributed by atoms with Crippen LogP contribution in [0.5, 0.6) is 5.75 Å². The third kappa shape index (κ3) is 5.57. The number of amides is 1. The van der Waals surface area contributed by atoms with Gasteiger partial charge in [-0.2, -0.15) is 18.3 Å². The summed E-state index contributed by atoms with van der Waals surface area (Å²) in [4.78, 5) is 12.7. The number of hydrogen-bond donors (Lipinski definition) is 3. The van der Waals surface area contributed by atoms with Crippen molar-refractivity contribution in [3.8, 4) is 11.4 Å². The Bertz CT molecular complexity index is 1250. The fourth-order valence-corrected chi connectivity index (χ4v) is 4.07. The summed E-state index contributed by atoms with van der Waals surface area (Å²) in [5.74, 6) is -1.58. The van der Waals surface area contributed by atoms with Gasteiger partial charge in [-0.3, -0.25) is 4.79 Å². The quantitative estimate of drug-likeness (QED) is 0.369. The summed E-state index contributed by atoms with van der Waals surface area (Å²) in [5, 5.41) is 17.3. The molecule has 0 aliphatic heterocycles. The lowest BCUT2D eigenvalue weighted by Crippen LogP contribution is -2.56. The molecule has 0 bridgehead atoms. The van der Waals surface area contributed by atoms with Gasteiger partial charge < -0.3 is 20.9 Å². The van der Waals surface area contributed by atoms with Gasteiger partial charge in [0.25, 0.3) is 5.91 Å². The average Bonchev–Trinajstić information content (AvgIpc) is 3.18. The fraction of sp³-hybridized carbons (Fsp3) is 0.333. The Morgan fingerprint density at radius 2 is 1.83 bits per heavy atom. The summed E-state index contributed by atoms with van der Waals surface area (Å²) in [5.41, 5.74) is 1.67. The van der Waals surface area contributed by atoms with Crippen LogP contribution in [0.2, 0.25) is 5.02 Å².